The standard InChI is InChI=1S/C34H38N6O4/c1-34(2,3)23-8-9-25-22(18-23)11-13-40(32(25)42)29-7-5-6-26(27(29)21-41)28-20-38(4)33(43)31(37-28)36-24-10-12-35-30(19-24)39-14-16-44-17-15-39/h5-10,12,18-20,41H,11,13-17,21H2,1-4H3,(H,35,36,37). The second kappa shape index (κ2) is 11.9. The van der Waals surface area contributed by atoms with Crippen molar-refractivity contribution >= 4 is 28.9 Å². The Balaban J connectivity index is 1.33. The number of amides is 1. The van der Waals surface area contributed by atoms with E-state index in [0.29, 0.717) is 59.9 Å². The highest BCUT2D eigenvalue weighted by Crippen LogP contribution is 2.35. The lowest BCUT2D eigenvalue weighted by Gasteiger charge is -2.32. The fraction of sp³-hybridized carbons (Fsp3) is 0.353. The van der Waals surface area contributed by atoms with Crippen molar-refractivity contribution in [2.45, 2.75) is 39.2 Å². The van der Waals surface area contributed by atoms with Gasteiger partial charge < -0.3 is 29.5 Å². The Kier molecular flexibility index (Phi) is 7.96. The van der Waals surface area contributed by atoms with Crippen LogP contribution in [-0.4, -0.2) is 58.4 Å². The van der Waals surface area contributed by atoms with Crippen molar-refractivity contribution in [3.63, 3.8) is 0 Å². The van der Waals surface area contributed by atoms with Crippen molar-refractivity contribution in [3.05, 3.63) is 93.5 Å². The van der Waals surface area contributed by atoms with E-state index in [-0.39, 0.29) is 29.3 Å². The first-order valence-corrected chi connectivity index (χ1v) is 15.0. The normalized spacial score (nSPS) is 15.3. The summed E-state index contributed by atoms with van der Waals surface area (Å²) < 4.78 is 6.93. The van der Waals surface area contributed by atoms with E-state index in [9.17, 15) is 14.7 Å². The maximum atomic E-state index is 13.7. The number of ether oxygens (including phenoxy) is 1. The number of anilines is 4. The summed E-state index contributed by atoms with van der Waals surface area (Å²) in [4.78, 5) is 40.0. The van der Waals surface area contributed by atoms with E-state index < -0.39 is 0 Å². The van der Waals surface area contributed by atoms with Crippen LogP contribution in [0.25, 0.3) is 11.3 Å². The molecule has 2 aromatic heterocycles. The van der Waals surface area contributed by atoms with Gasteiger partial charge in [-0.25, -0.2) is 9.97 Å². The lowest BCUT2D eigenvalue weighted by Crippen LogP contribution is -2.38. The van der Waals surface area contributed by atoms with Gasteiger partial charge in [0, 0.05) is 67.5 Å². The highest BCUT2D eigenvalue weighted by atomic mass is 16.5. The highest BCUT2D eigenvalue weighted by molar-refractivity contribution is 6.09. The molecule has 0 radical (unpaired) electrons. The average Bonchev–Trinajstić information content (AvgIpc) is 3.03. The van der Waals surface area contributed by atoms with Crippen LogP contribution in [0.1, 0.15) is 47.8 Å². The minimum atomic E-state index is -0.300. The largest absolute Gasteiger partial charge is 0.392 e. The number of fused-ring (bicyclic) bond motifs is 1. The van der Waals surface area contributed by atoms with Gasteiger partial charge in [0.25, 0.3) is 11.5 Å². The Bertz CT molecular complexity index is 1770. The zero-order valence-corrected chi connectivity index (χ0v) is 25.6. The molecule has 2 aliphatic heterocycles. The van der Waals surface area contributed by atoms with Crippen LogP contribution in [0.15, 0.2) is 65.7 Å². The van der Waals surface area contributed by atoms with Crippen LogP contribution in [0.3, 0.4) is 0 Å². The SMILES string of the molecule is Cn1cc(-c2cccc(N3CCc4cc(C(C)(C)C)ccc4C3=O)c2CO)nc(Nc2ccnc(N3CCOCC3)c2)c1=O. The predicted octanol–water partition coefficient (Wildman–Crippen LogP) is 4.42. The third-order valence-electron chi connectivity index (χ3n) is 8.34. The number of carbonyl (C=O) groups excluding carboxylic acids is 1. The number of aryl methyl sites for hydroxylation is 1. The lowest BCUT2D eigenvalue weighted by atomic mass is 9.84. The van der Waals surface area contributed by atoms with Crippen LogP contribution in [0, 0.1) is 0 Å². The maximum Gasteiger partial charge on any atom is 0.293 e. The Morgan fingerprint density at radius 1 is 1.00 bits per heavy atom. The Morgan fingerprint density at radius 3 is 2.55 bits per heavy atom. The molecular weight excluding hydrogens is 556 g/mol. The molecule has 4 heterocycles. The highest BCUT2D eigenvalue weighted by Gasteiger charge is 2.29. The molecule has 1 amide bonds. The van der Waals surface area contributed by atoms with Crippen molar-refractivity contribution in [3.8, 4) is 11.3 Å². The molecule has 228 valence electrons. The molecule has 0 bridgehead atoms. The van der Waals surface area contributed by atoms with E-state index in [0.717, 1.165) is 24.5 Å². The van der Waals surface area contributed by atoms with Gasteiger partial charge in [0.1, 0.15) is 5.82 Å². The first-order valence-electron chi connectivity index (χ1n) is 15.0. The third kappa shape index (κ3) is 5.70. The number of benzene rings is 2. The fourth-order valence-corrected chi connectivity index (χ4v) is 5.83. The van der Waals surface area contributed by atoms with Gasteiger partial charge in [0.2, 0.25) is 0 Å². The quantitative estimate of drug-likeness (QED) is 0.338. The van der Waals surface area contributed by atoms with E-state index in [4.69, 9.17) is 9.72 Å². The summed E-state index contributed by atoms with van der Waals surface area (Å²) in [6.45, 7) is 9.47. The summed E-state index contributed by atoms with van der Waals surface area (Å²) in [5.41, 5.74) is 5.67. The number of morpholine rings is 1. The summed E-state index contributed by atoms with van der Waals surface area (Å²) in [6.07, 6.45) is 4.07. The molecule has 10 nitrogen and oxygen atoms in total. The van der Waals surface area contributed by atoms with Crippen LogP contribution in [0.2, 0.25) is 0 Å². The van der Waals surface area contributed by atoms with Crippen LogP contribution >= 0.6 is 0 Å². The van der Waals surface area contributed by atoms with Gasteiger partial charge in [-0.1, -0.05) is 45.0 Å². The van der Waals surface area contributed by atoms with Crippen molar-refractivity contribution in [1.82, 2.24) is 14.5 Å². The van der Waals surface area contributed by atoms with E-state index in [1.165, 1.54) is 10.1 Å². The molecule has 1 fully saturated rings. The average molecular weight is 595 g/mol. The predicted molar refractivity (Wildman–Crippen MR) is 172 cm³/mol. The molecule has 0 saturated carbocycles. The number of hydrogen-bond acceptors (Lipinski definition) is 8. The molecule has 0 spiro atoms. The van der Waals surface area contributed by atoms with Crippen molar-refractivity contribution in [1.29, 1.82) is 0 Å². The minimum Gasteiger partial charge on any atom is -0.392 e. The summed E-state index contributed by atoms with van der Waals surface area (Å²) in [5.74, 6) is 0.850. The monoisotopic (exact) mass is 594 g/mol. The van der Waals surface area contributed by atoms with Crippen molar-refractivity contribution in [2.75, 3.05) is 48.0 Å². The van der Waals surface area contributed by atoms with Crippen molar-refractivity contribution < 1.29 is 14.6 Å². The lowest BCUT2D eigenvalue weighted by molar-refractivity contribution is 0.0980. The summed E-state index contributed by atoms with van der Waals surface area (Å²) >= 11 is 0. The van der Waals surface area contributed by atoms with Gasteiger partial charge in [-0.05, 0) is 41.2 Å². The van der Waals surface area contributed by atoms with Gasteiger partial charge in [-0.2, -0.15) is 0 Å². The Labute approximate surface area is 257 Å². The van der Waals surface area contributed by atoms with E-state index in [2.05, 4.69) is 42.0 Å². The first-order chi connectivity index (χ1) is 21.1. The number of rotatable bonds is 6. The van der Waals surface area contributed by atoms with Crippen LogP contribution in [-0.2, 0) is 30.2 Å². The smallest absolute Gasteiger partial charge is 0.293 e. The summed E-state index contributed by atoms with van der Waals surface area (Å²) in [5, 5.41) is 13.8. The number of nitrogens with zero attached hydrogens (tertiary/aromatic N) is 5. The zero-order valence-electron chi connectivity index (χ0n) is 25.6. The molecule has 10 heteroatoms. The zero-order chi connectivity index (χ0) is 31.0. The maximum absolute atomic E-state index is 13.7. The van der Waals surface area contributed by atoms with E-state index >= 15 is 0 Å². The number of aromatic nitrogens is 3. The Hall–Kier alpha value is -4.54. The van der Waals surface area contributed by atoms with Gasteiger partial charge >= 0.3 is 0 Å². The van der Waals surface area contributed by atoms with Gasteiger partial charge in [0.15, 0.2) is 5.82 Å². The molecule has 2 aromatic carbocycles. The second-order valence-electron chi connectivity index (χ2n) is 12.3. The van der Waals surface area contributed by atoms with Gasteiger partial charge in [-0.3, -0.25) is 9.59 Å². The topological polar surface area (TPSA) is 113 Å². The van der Waals surface area contributed by atoms with Crippen LogP contribution in [0.5, 0.6) is 0 Å². The van der Waals surface area contributed by atoms with Crippen molar-refractivity contribution in [2.24, 2.45) is 7.05 Å². The Morgan fingerprint density at radius 2 is 1.80 bits per heavy atom. The molecule has 2 aliphatic rings. The number of hydrogen-bond donors (Lipinski definition) is 2. The first kappa shape index (κ1) is 29.5. The molecule has 0 aliphatic carbocycles. The number of carbonyl (C=O) groups is 1. The summed E-state index contributed by atoms with van der Waals surface area (Å²) in [7, 11) is 1.67. The number of nitrogens with one attached hydrogen (secondary N) is 1. The molecule has 6 rings (SSSR count). The third-order valence-corrected chi connectivity index (χ3v) is 8.34. The molecule has 44 heavy (non-hydrogen) atoms. The summed E-state index contributed by atoms with van der Waals surface area (Å²) in [6, 6.07) is 15.3. The molecular formula is C34H38N6O4. The fourth-order valence-electron chi connectivity index (χ4n) is 5.83. The van der Waals surface area contributed by atoms with Crippen LogP contribution in [0.4, 0.5) is 23.0 Å². The van der Waals surface area contributed by atoms with E-state index in [1.54, 1.807) is 30.4 Å². The number of aliphatic hydroxyl groups excluding tert-OH is 1. The molecule has 0 atom stereocenters. The van der Waals surface area contributed by atoms with Gasteiger partial charge in [0.05, 0.1) is 31.2 Å². The second-order valence-corrected chi connectivity index (χ2v) is 12.3. The molecule has 4 aromatic rings. The molecule has 1 saturated heterocycles. The van der Waals surface area contributed by atoms with E-state index in [1.807, 2.05) is 36.4 Å². The molecule has 2 N–H and O–H groups in total. The number of pyridine rings is 1. The number of aliphatic hydroxyl groups is 1. The van der Waals surface area contributed by atoms with Crippen LogP contribution < -0.4 is 20.7 Å². The van der Waals surface area contributed by atoms with Gasteiger partial charge in [-0.15, -0.1) is 0 Å². The minimum absolute atomic E-state index is 0.00742. The molecule has 0 unspecified atom stereocenters.